The lowest BCUT2D eigenvalue weighted by atomic mass is 9.96. The molecule has 18 heavy (non-hydrogen) atoms. The average Bonchev–Trinajstić information content (AvgIpc) is 2.13. The molecule has 0 fully saturated rings. The van der Waals surface area contributed by atoms with Gasteiger partial charge in [-0.1, -0.05) is 20.8 Å². The van der Waals surface area contributed by atoms with Crippen molar-refractivity contribution in [2.45, 2.75) is 27.2 Å². The normalized spacial score (nSPS) is 11.7. The lowest BCUT2D eigenvalue weighted by Gasteiger charge is -2.29. The van der Waals surface area contributed by atoms with Crippen molar-refractivity contribution in [2.24, 2.45) is 11.1 Å². The van der Waals surface area contributed by atoms with E-state index in [9.17, 15) is 8.78 Å². The molecule has 1 aromatic carbocycles. The average molecular weight is 256 g/mol. The zero-order chi connectivity index (χ0) is 13.9. The maximum absolute atomic E-state index is 13.9. The highest BCUT2D eigenvalue weighted by Crippen LogP contribution is 2.27. The third-order valence-corrected chi connectivity index (χ3v) is 2.60. The van der Waals surface area contributed by atoms with Crippen molar-refractivity contribution in [2.75, 3.05) is 25.0 Å². The van der Waals surface area contributed by atoms with Crippen LogP contribution in [0.15, 0.2) is 12.1 Å². The van der Waals surface area contributed by atoms with Crippen LogP contribution >= 0.6 is 0 Å². The maximum Gasteiger partial charge on any atom is 0.149 e. The van der Waals surface area contributed by atoms with Gasteiger partial charge in [-0.2, -0.15) is 0 Å². The predicted molar refractivity (Wildman–Crippen MR) is 71.8 cm³/mol. The Morgan fingerprint density at radius 1 is 1.17 bits per heavy atom. The van der Waals surface area contributed by atoms with Crippen molar-refractivity contribution in [1.82, 2.24) is 0 Å². The zero-order valence-electron chi connectivity index (χ0n) is 11.6. The Labute approximate surface area is 108 Å². The van der Waals surface area contributed by atoms with Gasteiger partial charge in [-0.05, 0) is 36.1 Å². The molecule has 0 aliphatic carbocycles. The van der Waals surface area contributed by atoms with Crippen LogP contribution in [0, 0.1) is 17.0 Å². The molecule has 0 amide bonds. The number of benzene rings is 1. The molecule has 0 saturated carbocycles. The molecule has 0 spiro atoms. The van der Waals surface area contributed by atoms with Gasteiger partial charge in [0.15, 0.2) is 0 Å². The maximum atomic E-state index is 13.9. The molecule has 2 nitrogen and oxygen atoms in total. The Bertz CT molecular complexity index is 388. The second-order valence-electron chi connectivity index (χ2n) is 5.86. The number of nitrogens with zero attached hydrogens (tertiary/aromatic N) is 1. The minimum Gasteiger partial charge on any atom is -0.369 e. The Balaban J connectivity index is 3.02. The largest absolute Gasteiger partial charge is 0.369 e. The second-order valence-corrected chi connectivity index (χ2v) is 5.86. The lowest BCUT2D eigenvalue weighted by molar-refractivity contribution is 0.414. The van der Waals surface area contributed by atoms with Crippen LogP contribution < -0.4 is 10.6 Å². The number of anilines is 1. The summed E-state index contributed by atoms with van der Waals surface area (Å²) in [6, 6.07) is 2.73. The molecule has 0 aliphatic rings. The standard InChI is InChI=1S/C14H22F2N2/c1-14(2,3)9-18(4)13-11(15)7-10(5-6-17)8-12(13)16/h7-8H,5-6,9,17H2,1-4H3. The van der Waals surface area contributed by atoms with Gasteiger partial charge in [0.05, 0.1) is 0 Å². The van der Waals surface area contributed by atoms with Gasteiger partial charge in [0, 0.05) is 13.6 Å². The van der Waals surface area contributed by atoms with Crippen LogP contribution in [0.4, 0.5) is 14.5 Å². The van der Waals surface area contributed by atoms with E-state index in [4.69, 9.17) is 5.73 Å². The van der Waals surface area contributed by atoms with Gasteiger partial charge in [0.2, 0.25) is 0 Å². The molecule has 2 N–H and O–H groups in total. The third-order valence-electron chi connectivity index (χ3n) is 2.60. The lowest BCUT2D eigenvalue weighted by Crippen LogP contribution is -2.30. The molecule has 0 aromatic heterocycles. The van der Waals surface area contributed by atoms with E-state index in [0.29, 0.717) is 25.1 Å². The van der Waals surface area contributed by atoms with E-state index in [1.165, 1.54) is 12.1 Å². The third kappa shape index (κ3) is 3.95. The molecule has 0 saturated heterocycles. The molecular weight excluding hydrogens is 234 g/mol. The minimum atomic E-state index is -0.523. The molecule has 0 aliphatic heterocycles. The molecular formula is C14H22F2N2. The molecule has 0 atom stereocenters. The highest BCUT2D eigenvalue weighted by atomic mass is 19.1. The molecule has 102 valence electrons. The summed E-state index contributed by atoms with van der Waals surface area (Å²) in [5.74, 6) is -1.05. The summed E-state index contributed by atoms with van der Waals surface area (Å²) in [6.07, 6.45) is 0.483. The first-order valence-corrected chi connectivity index (χ1v) is 6.14. The number of hydrogen-bond donors (Lipinski definition) is 1. The summed E-state index contributed by atoms with van der Waals surface area (Å²) in [5, 5.41) is 0. The van der Waals surface area contributed by atoms with Crippen LogP contribution in [0.2, 0.25) is 0 Å². The van der Waals surface area contributed by atoms with E-state index in [1.807, 2.05) is 20.8 Å². The molecule has 0 radical (unpaired) electrons. The monoisotopic (exact) mass is 256 g/mol. The Morgan fingerprint density at radius 2 is 1.67 bits per heavy atom. The molecule has 4 heteroatoms. The minimum absolute atomic E-state index is 0.0242. The van der Waals surface area contributed by atoms with Crippen LogP contribution in [-0.4, -0.2) is 20.1 Å². The van der Waals surface area contributed by atoms with Crippen LogP contribution in [0.5, 0.6) is 0 Å². The SMILES string of the molecule is CN(CC(C)(C)C)c1c(F)cc(CCN)cc1F. The van der Waals surface area contributed by atoms with E-state index in [1.54, 1.807) is 11.9 Å². The summed E-state index contributed by atoms with van der Waals surface area (Å²) < 4.78 is 27.9. The number of hydrogen-bond acceptors (Lipinski definition) is 2. The van der Waals surface area contributed by atoms with Crippen LogP contribution in [0.3, 0.4) is 0 Å². The highest BCUT2D eigenvalue weighted by molar-refractivity contribution is 5.50. The van der Waals surface area contributed by atoms with Crippen molar-refractivity contribution in [1.29, 1.82) is 0 Å². The van der Waals surface area contributed by atoms with Crippen molar-refractivity contribution < 1.29 is 8.78 Å². The van der Waals surface area contributed by atoms with Gasteiger partial charge >= 0.3 is 0 Å². The van der Waals surface area contributed by atoms with Crippen LogP contribution in [0.25, 0.3) is 0 Å². The fraction of sp³-hybridized carbons (Fsp3) is 0.571. The Hall–Kier alpha value is -1.16. The van der Waals surface area contributed by atoms with Gasteiger partial charge in [-0.25, -0.2) is 8.78 Å². The van der Waals surface area contributed by atoms with Crippen molar-refractivity contribution in [3.05, 3.63) is 29.3 Å². The van der Waals surface area contributed by atoms with Crippen molar-refractivity contribution in [3.8, 4) is 0 Å². The summed E-state index contributed by atoms with van der Waals surface area (Å²) in [5.41, 5.74) is 5.99. The number of rotatable bonds is 4. The fourth-order valence-corrected chi connectivity index (χ4v) is 2.08. The van der Waals surface area contributed by atoms with E-state index >= 15 is 0 Å². The van der Waals surface area contributed by atoms with Gasteiger partial charge in [-0.15, -0.1) is 0 Å². The van der Waals surface area contributed by atoms with E-state index < -0.39 is 11.6 Å². The van der Waals surface area contributed by atoms with Crippen LogP contribution in [0.1, 0.15) is 26.3 Å². The number of nitrogens with two attached hydrogens (primary N) is 1. The molecule has 1 rings (SSSR count). The summed E-state index contributed by atoms with van der Waals surface area (Å²) >= 11 is 0. The van der Waals surface area contributed by atoms with Crippen molar-refractivity contribution in [3.63, 3.8) is 0 Å². The van der Waals surface area contributed by atoms with Gasteiger partial charge < -0.3 is 10.6 Å². The first-order valence-electron chi connectivity index (χ1n) is 6.14. The molecule has 1 aromatic rings. The molecule has 0 bridgehead atoms. The fourth-order valence-electron chi connectivity index (χ4n) is 2.08. The summed E-state index contributed by atoms with van der Waals surface area (Å²) in [6.45, 7) is 7.05. The smallest absolute Gasteiger partial charge is 0.149 e. The Kier molecular flexibility index (Phi) is 4.68. The first kappa shape index (κ1) is 14.9. The first-order chi connectivity index (χ1) is 8.24. The molecule has 0 unspecified atom stereocenters. The topological polar surface area (TPSA) is 29.3 Å². The predicted octanol–water partition coefficient (Wildman–Crippen LogP) is 2.95. The van der Waals surface area contributed by atoms with Gasteiger partial charge in [0.1, 0.15) is 17.3 Å². The zero-order valence-corrected chi connectivity index (χ0v) is 11.6. The van der Waals surface area contributed by atoms with Crippen molar-refractivity contribution >= 4 is 5.69 Å². The highest BCUT2D eigenvalue weighted by Gasteiger charge is 2.20. The van der Waals surface area contributed by atoms with E-state index in [-0.39, 0.29) is 11.1 Å². The van der Waals surface area contributed by atoms with Gasteiger partial charge in [-0.3, -0.25) is 0 Å². The van der Waals surface area contributed by atoms with Crippen LogP contribution in [-0.2, 0) is 6.42 Å². The molecule has 0 heterocycles. The quantitative estimate of drug-likeness (QED) is 0.897. The summed E-state index contributed by atoms with van der Waals surface area (Å²) in [7, 11) is 1.70. The second kappa shape index (κ2) is 5.65. The number of halogens is 2. The van der Waals surface area contributed by atoms with E-state index in [0.717, 1.165) is 0 Å². The van der Waals surface area contributed by atoms with Gasteiger partial charge in [0.25, 0.3) is 0 Å². The Morgan fingerprint density at radius 3 is 2.06 bits per heavy atom. The van der Waals surface area contributed by atoms with E-state index in [2.05, 4.69) is 0 Å². The summed E-state index contributed by atoms with van der Waals surface area (Å²) in [4.78, 5) is 1.62.